The first-order chi connectivity index (χ1) is 9.17. The van der Waals surface area contributed by atoms with Crippen LogP contribution in [0.15, 0.2) is 36.7 Å². The number of nitrogens with one attached hydrogen (secondary N) is 1. The SMILES string of the molecule is N#Cc1ccc(NC(=O)CCn2cc(Cl)cn2)cc1. The average molecular weight is 275 g/mol. The Bertz CT molecular complexity index is 612. The quantitative estimate of drug-likeness (QED) is 0.931. The predicted molar refractivity (Wildman–Crippen MR) is 71.6 cm³/mol. The maximum atomic E-state index is 11.7. The summed E-state index contributed by atoms with van der Waals surface area (Å²) in [5.41, 5.74) is 1.23. The third-order valence-corrected chi connectivity index (χ3v) is 2.66. The van der Waals surface area contributed by atoms with Crippen LogP contribution in [0.5, 0.6) is 0 Å². The van der Waals surface area contributed by atoms with E-state index in [0.29, 0.717) is 29.2 Å². The number of rotatable bonds is 4. The number of nitriles is 1. The molecule has 6 heteroatoms. The number of anilines is 1. The van der Waals surface area contributed by atoms with Gasteiger partial charge in [0.15, 0.2) is 0 Å². The van der Waals surface area contributed by atoms with E-state index in [2.05, 4.69) is 10.4 Å². The summed E-state index contributed by atoms with van der Waals surface area (Å²) in [6.45, 7) is 0.467. The van der Waals surface area contributed by atoms with Crippen molar-refractivity contribution in [2.24, 2.45) is 0 Å². The van der Waals surface area contributed by atoms with E-state index in [1.54, 1.807) is 35.1 Å². The molecule has 1 amide bonds. The van der Waals surface area contributed by atoms with Crippen LogP contribution in [0.4, 0.5) is 5.69 Å². The average Bonchev–Trinajstić information content (AvgIpc) is 2.83. The van der Waals surface area contributed by atoms with Gasteiger partial charge in [-0.25, -0.2) is 0 Å². The molecule has 2 rings (SSSR count). The number of benzene rings is 1. The summed E-state index contributed by atoms with van der Waals surface area (Å²) in [6.07, 6.45) is 3.49. The second kappa shape index (κ2) is 6.03. The minimum Gasteiger partial charge on any atom is -0.326 e. The van der Waals surface area contributed by atoms with E-state index in [0.717, 1.165) is 0 Å². The molecule has 0 saturated carbocycles. The van der Waals surface area contributed by atoms with Crippen molar-refractivity contribution in [3.63, 3.8) is 0 Å². The van der Waals surface area contributed by atoms with Crippen molar-refractivity contribution < 1.29 is 4.79 Å². The first-order valence-corrected chi connectivity index (χ1v) is 6.03. The van der Waals surface area contributed by atoms with Gasteiger partial charge in [0.1, 0.15) is 0 Å². The summed E-state index contributed by atoms with van der Waals surface area (Å²) in [4.78, 5) is 11.7. The van der Waals surface area contributed by atoms with Gasteiger partial charge in [0.2, 0.25) is 5.91 Å². The van der Waals surface area contributed by atoms with E-state index in [9.17, 15) is 4.79 Å². The first kappa shape index (κ1) is 13.1. The molecule has 19 heavy (non-hydrogen) atoms. The van der Waals surface area contributed by atoms with Crippen molar-refractivity contribution in [3.8, 4) is 6.07 Å². The Hall–Kier alpha value is -2.32. The van der Waals surface area contributed by atoms with Crippen LogP contribution >= 0.6 is 11.6 Å². The molecule has 0 fully saturated rings. The topological polar surface area (TPSA) is 70.7 Å². The molecule has 0 spiro atoms. The molecule has 0 saturated heterocycles. The van der Waals surface area contributed by atoms with Gasteiger partial charge >= 0.3 is 0 Å². The van der Waals surface area contributed by atoms with Gasteiger partial charge in [-0.1, -0.05) is 11.6 Å². The lowest BCUT2D eigenvalue weighted by molar-refractivity contribution is -0.116. The van der Waals surface area contributed by atoms with Crippen LogP contribution in [0.25, 0.3) is 0 Å². The normalized spacial score (nSPS) is 9.89. The Morgan fingerprint density at radius 1 is 1.42 bits per heavy atom. The summed E-state index contributed by atoms with van der Waals surface area (Å²) in [5, 5.41) is 15.9. The number of hydrogen-bond acceptors (Lipinski definition) is 3. The smallest absolute Gasteiger partial charge is 0.226 e. The lowest BCUT2D eigenvalue weighted by atomic mass is 10.2. The van der Waals surface area contributed by atoms with Gasteiger partial charge in [-0.2, -0.15) is 10.4 Å². The number of carbonyl (C=O) groups is 1. The number of halogens is 1. The lowest BCUT2D eigenvalue weighted by Crippen LogP contribution is -2.14. The van der Waals surface area contributed by atoms with Gasteiger partial charge in [-0.3, -0.25) is 9.48 Å². The summed E-state index contributed by atoms with van der Waals surface area (Å²) >= 11 is 5.72. The summed E-state index contributed by atoms with van der Waals surface area (Å²) < 4.78 is 1.61. The van der Waals surface area contributed by atoms with Crippen LogP contribution in [0.2, 0.25) is 5.02 Å². The van der Waals surface area contributed by atoms with Crippen LogP contribution < -0.4 is 5.32 Å². The van der Waals surface area contributed by atoms with Gasteiger partial charge in [0.25, 0.3) is 0 Å². The fraction of sp³-hybridized carbons (Fsp3) is 0.154. The highest BCUT2D eigenvalue weighted by atomic mass is 35.5. The van der Waals surface area contributed by atoms with Gasteiger partial charge in [0.05, 0.1) is 22.9 Å². The van der Waals surface area contributed by atoms with E-state index in [1.807, 2.05) is 6.07 Å². The zero-order valence-corrected chi connectivity index (χ0v) is 10.8. The van der Waals surface area contributed by atoms with Crippen molar-refractivity contribution in [2.45, 2.75) is 13.0 Å². The van der Waals surface area contributed by atoms with Crippen molar-refractivity contribution >= 4 is 23.2 Å². The Morgan fingerprint density at radius 2 is 2.16 bits per heavy atom. The second-order valence-corrected chi connectivity index (χ2v) is 4.35. The predicted octanol–water partition coefficient (Wildman–Crippen LogP) is 2.44. The maximum Gasteiger partial charge on any atom is 0.226 e. The monoisotopic (exact) mass is 274 g/mol. The summed E-state index contributed by atoms with van der Waals surface area (Å²) in [6, 6.07) is 8.72. The minimum absolute atomic E-state index is 0.115. The van der Waals surface area contributed by atoms with E-state index in [1.165, 1.54) is 6.20 Å². The van der Waals surface area contributed by atoms with Crippen LogP contribution in [0.3, 0.4) is 0 Å². The number of carbonyl (C=O) groups excluding carboxylic acids is 1. The van der Waals surface area contributed by atoms with Crippen LogP contribution in [-0.2, 0) is 11.3 Å². The van der Waals surface area contributed by atoms with E-state index in [-0.39, 0.29) is 5.91 Å². The fourth-order valence-electron chi connectivity index (χ4n) is 1.53. The fourth-order valence-corrected chi connectivity index (χ4v) is 1.68. The number of aryl methyl sites for hydroxylation is 1. The van der Waals surface area contributed by atoms with E-state index >= 15 is 0 Å². The molecule has 0 radical (unpaired) electrons. The lowest BCUT2D eigenvalue weighted by Gasteiger charge is -2.05. The molecule has 5 nitrogen and oxygen atoms in total. The van der Waals surface area contributed by atoms with Crippen molar-refractivity contribution in [3.05, 3.63) is 47.2 Å². The number of nitrogens with zero attached hydrogens (tertiary/aromatic N) is 3. The summed E-state index contributed by atoms with van der Waals surface area (Å²) in [5.74, 6) is -0.115. The van der Waals surface area contributed by atoms with Crippen LogP contribution in [0.1, 0.15) is 12.0 Å². The standard InChI is InChI=1S/C13H11ClN4O/c14-11-8-16-18(9-11)6-5-13(19)17-12-3-1-10(7-15)2-4-12/h1-4,8-9H,5-6H2,(H,17,19). The molecule has 0 aliphatic carbocycles. The molecule has 0 aliphatic heterocycles. The number of amides is 1. The largest absolute Gasteiger partial charge is 0.326 e. The van der Waals surface area contributed by atoms with Crippen molar-refractivity contribution in [1.82, 2.24) is 9.78 Å². The van der Waals surface area contributed by atoms with Gasteiger partial charge < -0.3 is 5.32 Å². The zero-order chi connectivity index (χ0) is 13.7. The highest BCUT2D eigenvalue weighted by Crippen LogP contribution is 2.10. The van der Waals surface area contributed by atoms with Gasteiger partial charge in [-0.05, 0) is 24.3 Å². The van der Waals surface area contributed by atoms with Crippen LogP contribution in [0, 0.1) is 11.3 Å². The molecule has 1 aromatic heterocycles. The van der Waals surface area contributed by atoms with Crippen LogP contribution in [-0.4, -0.2) is 15.7 Å². The summed E-state index contributed by atoms with van der Waals surface area (Å²) in [7, 11) is 0. The molecule has 2 aromatic rings. The second-order valence-electron chi connectivity index (χ2n) is 3.91. The third-order valence-electron chi connectivity index (χ3n) is 2.47. The number of hydrogen-bond donors (Lipinski definition) is 1. The molecule has 96 valence electrons. The molecular formula is C13H11ClN4O. The van der Waals surface area contributed by atoms with Gasteiger partial charge in [0, 0.05) is 24.8 Å². The van der Waals surface area contributed by atoms with Crippen molar-refractivity contribution in [2.75, 3.05) is 5.32 Å². The molecular weight excluding hydrogens is 264 g/mol. The Balaban J connectivity index is 1.85. The molecule has 0 atom stereocenters. The Morgan fingerprint density at radius 3 is 2.74 bits per heavy atom. The Labute approximate surface area is 115 Å². The number of aromatic nitrogens is 2. The molecule has 1 aromatic carbocycles. The molecule has 0 bridgehead atoms. The van der Waals surface area contributed by atoms with Gasteiger partial charge in [-0.15, -0.1) is 0 Å². The third kappa shape index (κ3) is 3.83. The highest BCUT2D eigenvalue weighted by Gasteiger charge is 2.04. The van der Waals surface area contributed by atoms with Crippen molar-refractivity contribution in [1.29, 1.82) is 5.26 Å². The molecule has 0 aliphatic rings. The molecule has 0 unspecified atom stereocenters. The molecule has 1 heterocycles. The molecule has 1 N–H and O–H groups in total. The highest BCUT2D eigenvalue weighted by molar-refractivity contribution is 6.30. The zero-order valence-electron chi connectivity index (χ0n) is 10.0. The first-order valence-electron chi connectivity index (χ1n) is 5.65. The van der Waals surface area contributed by atoms with E-state index in [4.69, 9.17) is 16.9 Å². The van der Waals surface area contributed by atoms with E-state index < -0.39 is 0 Å². The Kier molecular flexibility index (Phi) is 4.16. The maximum absolute atomic E-state index is 11.7. The minimum atomic E-state index is -0.115.